The average Bonchev–Trinajstić information content (AvgIpc) is 3.10. The molecular weight excluding hydrogens is 448 g/mol. The Hall–Kier alpha value is -2.16. The molecule has 0 saturated carbocycles. The Balaban J connectivity index is 1.68. The quantitative estimate of drug-likeness (QED) is 0.661. The van der Waals surface area contributed by atoms with Crippen molar-refractivity contribution in [1.29, 1.82) is 0 Å². The Bertz CT molecular complexity index is 1000. The molecule has 2 heterocycles. The third-order valence-corrected chi connectivity index (χ3v) is 6.44. The molecule has 0 aliphatic carbocycles. The predicted octanol–water partition coefficient (Wildman–Crippen LogP) is 5.11. The molecular formula is C23H31ClN4O3S. The number of hydrogen-bond acceptors (Lipinski definition) is 6. The van der Waals surface area contributed by atoms with Crippen LogP contribution in [-0.4, -0.2) is 58.1 Å². The highest BCUT2D eigenvalue weighted by Crippen LogP contribution is 2.28. The fraction of sp³-hybridized carbons (Fsp3) is 0.522. The average molecular weight is 479 g/mol. The van der Waals surface area contributed by atoms with Crippen molar-refractivity contribution in [1.82, 2.24) is 14.8 Å². The van der Waals surface area contributed by atoms with E-state index in [9.17, 15) is 9.59 Å². The van der Waals surface area contributed by atoms with Gasteiger partial charge in [0.1, 0.15) is 10.5 Å². The molecule has 2 aromatic rings. The number of carbonyl (C=O) groups is 2. The number of ether oxygens (including phenoxy) is 1. The van der Waals surface area contributed by atoms with Crippen molar-refractivity contribution in [2.45, 2.75) is 59.7 Å². The smallest absolute Gasteiger partial charge is 0.410 e. The third-order valence-electron chi connectivity index (χ3n) is 5.31. The molecule has 32 heavy (non-hydrogen) atoms. The number of hydrogen-bond donors (Lipinski definition) is 1. The molecule has 174 valence electrons. The van der Waals surface area contributed by atoms with Crippen LogP contribution in [0.4, 0.5) is 10.5 Å². The van der Waals surface area contributed by atoms with Gasteiger partial charge in [0.05, 0.1) is 11.2 Å². The monoisotopic (exact) mass is 478 g/mol. The van der Waals surface area contributed by atoms with Crippen molar-refractivity contribution >= 4 is 40.6 Å². The summed E-state index contributed by atoms with van der Waals surface area (Å²) in [7, 11) is 0. The van der Waals surface area contributed by atoms with E-state index < -0.39 is 5.60 Å². The molecule has 1 fully saturated rings. The van der Waals surface area contributed by atoms with Gasteiger partial charge in [-0.1, -0.05) is 11.6 Å². The first-order valence-electron chi connectivity index (χ1n) is 10.7. The zero-order valence-electron chi connectivity index (χ0n) is 19.5. The number of nitrogens with zero attached hydrogens (tertiary/aromatic N) is 3. The topological polar surface area (TPSA) is 74.8 Å². The van der Waals surface area contributed by atoms with Crippen LogP contribution in [0.25, 0.3) is 0 Å². The van der Waals surface area contributed by atoms with E-state index in [4.69, 9.17) is 16.3 Å². The fourth-order valence-corrected chi connectivity index (χ4v) is 4.60. The molecule has 0 spiro atoms. The minimum atomic E-state index is -0.509. The van der Waals surface area contributed by atoms with Gasteiger partial charge in [0.2, 0.25) is 0 Å². The first kappa shape index (κ1) is 24.5. The molecule has 0 radical (unpaired) electrons. The van der Waals surface area contributed by atoms with E-state index in [0.29, 0.717) is 28.7 Å². The summed E-state index contributed by atoms with van der Waals surface area (Å²) in [5.74, 6) is -0.188. The highest BCUT2D eigenvalue weighted by molar-refractivity contribution is 7.13. The van der Waals surface area contributed by atoms with E-state index in [-0.39, 0.29) is 18.0 Å². The number of halogens is 1. The zero-order valence-corrected chi connectivity index (χ0v) is 21.1. The van der Waals surface area contributed by atoms with Crippen molar-refractivity contribution in [3.05, 3.63) is 44.4 Å². The van der Waals surface area contributed by atoms with Gasteiger partial charge >= 0.3 is 6.09 Å². The lowest BCUT2D eigenvalue weighted by atomic mass is 10.0. The summed E-state index contributed by atoms with van der Waals surface area (Å²) in [6.07, 6.45) is 1.31. The number of rotatable bonds is 4. The van der Waals surface area contributed by atoms with Gasteiger partial charge in [-0.25, -0.2) is 9.78 Å². The highest BCUT2D eigenvalue weighted by atomic mass is 35.5. The summed E-state index contributed by atoms with van der Waals surface area (Å²) in [5, 5.41) is 4.39. The SMILES string of the molecule is Cc1ncc(C(=O)Nc2cc(Cl)cc(CN3CCN(C(=O)OC(C)(C)C)C(C)C3)c2C)s1. The molecule has 1 aliphatic heterocycles. The zero-order chi connectivity index (χ0) is 23.6. The number of piperazine rings is 1. The van der Waals surface area contributed by atoms with Crippen LogP contribution in [0.3, 0.4) is 0 Å². The van der Waals surface area contributed by atoms with Gasteiger partial charge in [-0.3, -0.25) is 9.69 Å². The summed E-state index contributed by atoms with van der Waals surface area (Å²) >= 11 is 7.74. The fourth-order valence-electron chi connectivity index (χ4n) is 3.69. The molecule has 7 nitrogen and oxygen atoms in total. The van der Waals surface area contributed by atoms with E-state index in [2.05, 4.69) is 15.2 Å². The van der Waals surface area contributed by atoms with Crippen LogP contribution in [0.1, 0.15) is 53.5 Å². The van der Waals surface area contributed by atoms with E-state index in [0.717, 1.165) is 29.2 Å². The lowest BCUT2D eigenvalue weighted by Gasteiger charge is -2.40. The normalized spacial score (nSPS) is 17.3. The molecule has 9 heteroatoms. The highest BCUT2D eigenvalue weighted by Gasteiger charge is 2.31. The molecule has 3 rings (SSSR count). The number of aromatic nitrogens is 1. The van der Waals surface area contributed by atoms with E-state index in [1.807, 2.05) is 47.6 Å². The number of anilines is 1. The lowest BCUT2D eigenvalue weighted by molar-refractivity contribution is 0.000536. The van der Waals surface area contributed by atoms with Crippen LogP contribution in [0.15, 0.2) is 18.3 Å². The van der Waals surface area contributed by atoms with Crippen molar-refractivity contribution in [3.8, 4) is 0 Å². The van der Waals surface area contributed by atoms with Crippen LogP contribution in [0.5, 0.6) is 0 Å². The van der Waals surface area contributed by atoms with Gasteiger partial charge in [0, 0.05) is 42.9 Å². The Morgan fingerprint density at radius 2 is 2.00 bits per heavy atom. The van der Waals surface area contributed by atoms with Gasteiger partial charge in [0.15, 0.2) is 0 Å². The standard InChI is InChI=1S/C23H31ClN4O3S/c1-14-12-27(7-8-28(14)22(30)31-23(4,5)6)13-17-9-18(24)10-19(15(17)2)26-21(29)20-11-25-16(3)32-20/h9-11,14H,7-8,12-13H2,1-6H3,(H,26,29). The second kappa shape index (κ2) is 9.77. The van der Waals surface area contributed by atoms with Gasteiger partial charge < -0.3 is 15.0 Å². The molecule has 1 saturated heterocycles. The lowest BCUT2D eigenvalue weighted by Crippen LogP contribution is -2.54. The Morgan fingerprint density at radius 1 is 1.28 bits per heavy atom. The number of amides is 2. The first-order chi connectivity index (χ1) is 14.9. The van der Waals surface area contributed by atoms with Crippen LogP contribution in [0.2, 0.25) is 5.02 Å². The van der Waals surface area contributed by atoms with Crippen LogP contribution in [0, 0.1) is 13.8 Å². The molecule has 1 atom stereocenters. The Labute approximate surface area is 198 Å². The van der Waals surface area contributed by atoms with E-state index >= 15 is 0 Å². The summed E-state index contributed by atoms with van der Waals surface area (Å²) < 4.78 is 5.53. The summed E-state index contributed by atoms with van der Waals surface area (Å²) in [6, 6.07) is 3.75. The second-order valence-corrected chi connectivity index (χ2v) is 10.9. The van der Waals surface area contributed by atoms with Crippen molar-refractivity contribution < 1.29 is 14.3 Å². The molecule has 2 amide bonds. The van der Waals surface area contributed by atoms with E-state index in [1.54, 1.807) is 17.2 Å². The maximum atomic E-state index is 12.6. The number of carbonyl (C=O) groups excluding carboxylic acids is 2. The molecule has 1 aliphatic rings. The van der Waals surface area contributed by atoms with Gasteiger partial charge in [0.25, 0.3) is 5.91 Å². The predicted molar refractivity (Wildman–Crippen MR) is 129 cm³/mol. The van der Waals surface area contributed by atoms with Gasteiger partial charge in [-0.15, -0.1) is 11.3 Å². The number of nitrogens with one attached hydrogen (secondary N) is 1. The Morgan fingerprint density at radius 3 is 2.59 bits per heavy atom. The molecule has 1 aromatic heterocycles. The molecule has 1 unspecified atom stereocenters. The maximum Gasteiger partial charge on any atom is 0.410 e. The minimum absolute atomic E-state index is 0.0341. The van der Waals surface area contributed by atoms with Gasteiger partial charge in [-0.05, 0) is 64.8 Å². The summed E-state index contributed by atoms with van der Waals surface area (Å²) in [4.78, 5) is 33.9. The largest absolute Gasteiger partial charge is 0.444 e. The van der Waals surface area contributed by atoms with Crippen LogP contribution < -0.4 is 5.32 Å². The van der Waals surface area contributed by atoms with Crippen molar-refractivity contribution in [3.63, 3.8) is 0 Å². The first-order valence-corrected chi connectivity index (χ1v) is 11.9. The number of aryl methyl sites for hydroxylation is 1. The van der Waals surface area contributed by atoms with E-state index in [1.165, 1.54) is 11.3 Å². The second-order valence-electron chi connectivity index (χ2n) is 9.19. The van der Waals surface area contributed by atoms with Crippen molar-refractivity contribution in [2.24, 2.45) is 0 Å². The molecule has 0 bridgehead atoms. The number of benzene rings is 1. The van der Waals surface area contributed by atoms with Gasteiger partial charge in [-0.2, -0.15) is 0 Å². The summed E-state index contributed by atoms with van der Waals surface area (Å²) in [6.45, 7) is 14.3. The Kier molecular flexibility index (Phi) is 7.47. The summed E-state index contributed by atoms with van der Waals surface area (Å²) in [5.41, 5.74) is 2.21. The number of thiazole rings is 1. The molecule has 1 N–H and O–H groups in total. The van der Waals surface area contributed by atoms with Crippen molar-refractivity contribution in [2.75, 3.05) is 25.0 Å². The molecule has 1 aromatic carbocycles. The van der Waals surface area contributed by atoms with Crippen LogP contribution >= 0.6 is 22.9 Å². The third kappa shape index (κ3) is 6.21. The maximum absolute atomic E-state index is 12.6. The minimum Gasteiger partial charge on any atom is -0.444 e. The van der Waals surface area contributed by atoms with Crippen LogP contribution in [-0.2, 0) is 11.3 Å².